The number of carbonyl (C=O) groups excluding carboxylic acids is 1. The van der Waals surface area contributed by atoms with Gasteiger partial charge in [0, 0.05) is 25.2 Å². The number of pyridine rings is 1. The first-order chi connectivity index (χ1) is 13.4. The normalized spacial score (nSPS) is 11.8. The van der Waals surface area contributed by atoms with Crippen molar-refractivity contribution in [1.82, 2.24) is 20.2 Å². The number of fused-ring (bicyclic) bond motifs is 1. The fourth-order valence-electron chi connectivity index (χ4n) is 2.70. The number of rotatable bonds is 5. The van der Waals surface area contributed by atoms with Crippen molar-refractivity contribution in [2.75, 3.05) is 21.1 Å². The molecule has 0 aliphatic rings. The van der Waals surface area contributed by atoms with Crippen LogP contribution in [0, 0.1) is 0 Å². The number of aliphatic imine (C=N–C) groups is 1. The van der Waals surface area contributed by atoms with Gasteiger partial charge in [-0.05, 0) is 43.9 Å². The van der Waals surface area contributed by atoms with Gasteiger partial charge in [0.25, 0.3) is 5.91 Å². The summed E-state index contributed by atoms with van der Waals surface area (Å²) in [7, 11) is 5.46. The van der Waals surface area contributed by atoms with Gasteiger partial charge in [0.1, 0.15) is 11.4 Å². The average molecular weight is 401 g/mol. The largest absolute Gasteiger partial charge is 0.454 e. The lowest BCUT2D eigenvalue weighted by molar-refractivity contribution is 0.0972. The number of benzene rings is 1. The fourth-order valence-corrected chi connectivity index (χ4v) is 2.92. The summed E-state index contributed by atoms with van der Waals surface area (Å²) in [5.74, 6) is 0.719. The Balaban J connectivity index is 1.94. The third kappa shape index (κ3) is 4.41. The van der Waals surface area contributed by atoms with Gasteiger partial charge >= 0.3 is 0 Å². The van der Waals surface area contributed by atoms with Crippen molar-refractivity contribution in [3.05, 3.63) is 52.9 Å². The van der Waals surface area contributed by atoms with Gasteiger partial charge in [-0.3, -0.25) is 20.1 Å². The van der Waals surface area contributed by atoms with Gasteiger partial charge in [-0.2, -0.15) is 0 Å². The van der Waals surface area contributed by atoms with Crippen LogP contribution in [0.25, 0.3) is 10.9 Å². The first kappa shape index (κ1) is 19.7. The average Bonchev–Trinajstić information content (AvgIpc) is 3.10. The minimum atomic E-state index is -0.420. The van der Waals surface area contributed by atoms with Crippen LogP contribution < -0.4 is 15.8 Å². The number of ether oxygens (including phenoxy) is 1. The number of guanidine groups is 1. The monoisotopic (exact) mass is 400 g/mol. The predicted molar refractivity (Wildman–Crippen MR) is 110 cm³/mol. The number of nitrogens with zero attached hydrogens (tertiary/aromatic N) is 3. The lowest BCUT2D eigenvalue weighted by atomic mass is 10.2. The number of aromatic amines is 1. The summed E-state index contributed by atoms with van der Waals surface area (Å²) in [6, 6.07) is 7.02. The van der Waals surface area contributed by atoms with E-state index in [1.807, 2.05) is 25.1 Å². The highest BCUT2D eigenvalue weighted by Crippen LogP contribution is 2.34. The van der Waals surface area contributed by atoms with E-state index in [2.05, 4.69) is 20.3 Å². The molecule has 9 heteroatoms. The molecule has 28 heavy (non-hydrogen) atoms. The van der Waals surface area contributed by atoms with E-state index in [9.17, 15) is 4.79 Å². The molecule has 0 unspecified atom stereocenters. The van der Waals surface area contributed by atoms with E-state index >= 15 is 0 Å². The summed E-state index contributed by atoms with van der Waals surface area (Å²) in [6.45, 7) is 0.744. The number of nitrogens with two attached hydrogens (primary N) is 1. The Morgan fingerprint density at radius 2 is 2.14 bits per heavy atom. The molecule has 4 N–H and O–H groups in total. The van der Waals surface area contributed by atoms with Crippen LogP contribution in [0.5, 0.6) is 11.5 Å². The lowest BCUT2D eigenvalue weighted by Crippen LogP contribution is -2.36. The molecule has 1 aromatic carbocycles. The Bertz CT molecular complexity index is 1040. The highest BCUT2D eigenvalue weighted by Gasteiger charge is 2.16. The zero-order valence-corrected chi connectivity index (χ0v) is 16.5. The van der Waals surface area contributed by atoms with Crippen LogP contribution in [-0.4, -0.2) is 47.9 Å². The molecule has 3 aromatic rings. The molecule has 0 aliphatic heterocycles. The van der Waals surface area contributed by atoms with Gasteiger partial charge in [-0.15, -0.1) is 0 Å². The minimum absolute atomic E-state index is 0.0232. The van der Waals surface area contributed by atoms with Crippen molar-refractivity contribution in [3.8, 4) is 11.5 Å². The summed E-state index contributed by atoms with van der Waals surface area (Å²) in [5.41, 5.74) is 7.47. The number of amides is 1. The second kappa shape index (κ2) is 8.28. The molecule has 146 valence electrons. The van der Waals surface area contributed by atoms with Crippen molar-refractivity contribution in [2.45, 2.75) is 6.54 Å². The second-order valence-corrected chi connectivity index (χ2v) is 6.86. The van der Waals surface area contributed by atoms with Crippen molar-refractivity contribution in [1.29, 1.82) is 0 Å². The van der Waals surface area contributed by atoms with Gasteiger partial charge in [0.05, 0.1) is 16.7 Å². The third-order valence-electron chi connectivity index (χ3n) is 3.93. The lowest BCUT2D eigenvalue weighted by Gasteiger charge is -2.11. The molecule has 8 nitrogen and oxygen atoms in total. The van der Waals surface area contributed by atoms with Crippen molar-refractivity contribution < 1.29 is 9.53 Å². The number of hydrogen-bond donors (Lipinski definition) is 3. The number of nitrogens with one attached hydrogen (secondary N) is 2. The predicted octanol–water partition coefficient (Wildman–Crippen LogP) is 2.74. The molecule has 0 bridgehead atoms. The van der Waals surface area contributed by atoms with Gasteiger partial charge in [-0.25, -0.2) is 0 Å². The smallest absolute Gasteiger partial charge is 0.274 e. The van der Waals surface area contributed by atoms with Crippen molar-refractivity contribution in [2.24, 2.45) is 10.7 Å². The summed E-state index contributed by atoms with van der Waals surface area (Å²) in [4.78, 5) is 25.3. The standard InChI is InChI=1S/C19H21ClN6O2/c1-22-19(21)25-18(27)15-7-13-14(20)4-5-16(17(13)24-15)28-12-6-11(8-23-9-12)10-26(2)3/h4-9,24H,10H2,1-3H3,(H3,21,22,25,27). The number of hydrogen-bond acceptors (Lipinski definition) is 5. The molecule has 2 heterocycles. The van der Waals surface area contributed by atoms with Crippen LogP contribution in [0.1, 0.15) is 16.1 Å². The summed E-state index contributed by atoms with van der Waals surface area (Å²) >= 11 is 6.29. The van der Waals surface area contributed by atoms with Crippen LogP contribution >= 0.6 is 11.6 Å². The van der Waals surface area contributed by atoms with E-state index in [0.717, 1.165) is 12.1 Å². The highest BCUT2D eigenvalue weighted by atomic mass is 35.5. The van der Waals surface area contributed by atoms with E-state index in [1.54, 1.807) is 30.6 Å². The van der Waals surface area contributed by atoms with Crippen LogP contribution in [0.3, 0.4) is 0 Å². The van der Waals surface area contributed by atoms with E-state index in [0.29, 0.717) is 33.1 Å². The van der Waals surface area contributed by atoms with Gasteiger partial charge in [0.2, 0.25) is 0 Å². The molecule has 0 radical (unpaired) electrons. The van der Waals surface area contributed by atoms with Crippen LogP contribution in [-0.2, 0) is 6.54 Å². The SMILES string of the molecule is CN=C(N)NC(=O)c1cc2c(Cl)ccc(Oc3cncc(CN(C)C)c3)c2[nH]1. The van der Waals surface area contributed by atoms with Crippen molar-refractivity contribution in [3.63, 3.8) is 0 Å². The van der Waals surface area contributed by atoms with E-state index in [-0.39, 0.29) is 5.96 Å². The topological polar surface area (TPSA) is 109 Å². The number of H-pyrrole nitrogens is 1. The molecule has 0 fully saturated rings. The van der Waals surface area contributed by atoms with Gasteiger partial charge < -0.3 is 20.4 Å². The molecule has 0 saturated carbocycles. The first-order valence-corrected chi connectivity index (χ1v) is 8.86. The fraction of sp³-hybridized carbons (Fsp3) is 0.211. The molecule has 2 aromatic heterocycles. The Kier molecular flexibility index (Phi) is 5.81. The Labute approximate surface area is 167 Å². The first-order valence-electron chi connectivity index (χ1n) is 8.48. The molecular weight excluding hydrogens is 380 g/mol. The number of aromatic nitrogens is 2. The molecule has 0 spiro atoms. The van der Waals surface area contributed by atoms with E-state index < -0.39 is 5.91 Å². The summed E-state index contributed by atoms with van der Waals surface area (Å²) in [6.07, 6.45) is 3.43. The van der Waals surface area contributed by atoms with Crippen LogP contribution in [0.2, 0.25) is 5.02 Å². The van der Waals surface area contributed by atoms with Crippen LogP contribution in [0.15, 0.2) is 41.7 Å². The van der Waals surface area contributed by atoms with E-state index in [1.165, 1.54) is 7.05 Å². The molecule has 0 atom stereocenters. The maximum absolute atomic E-state index is 12.3. The molecule has 0 saturated heterocycles. The van der Waals surface area contributed by atoms with E-state index in [4.69, 9.17) is 22.1 Å². The second-order valence-electron chi connectivity index (χ2n) is 6.45. The Morgan fingerprint density at radius 3 is 2.86 bits per heavy atom. The Hall–Kier alpha value is -3.10. The quantitative estimate of drug-likeness (QED) is 0.450. The molecular formula is C19H21ClN6O2. The molecule has 3 rings (SSSR count). The number of halogens is 1. The maximum atomic E-state index is 12.3. The third-order valence-corrected chi connectivity index (χ3v) is 4.26. The zero-order valence-electron chi connectivity index (χ0n) is 15.8. The van der Waals surface area contributed by atoms with Crippen LogP contribution in [0.4, 0.5) is 0 Å². The minimum Gasteiger partial charge on any atom is -0.454 e. The van der Waals surface area contributed by atoms with Crippen molar-refractivity contribution >= 4 is 34.4 Å². The van der Waals surface area contributed by atoms with Gasteiger partial charge in [0.15, 0.2) is 11.7 Å². The Morgan fingerprint density at radius 1 is 1.36 bits per heavy atom. The number of carbonyl (C=O) groups is 1. The molecule has 1 amide bonds. The summed E-state index contributed by atoms with van der Waals surface area (Å²) in [5, 5.41) is 3.64. The van der Waals surface area contributed by atoms with Gasteiger partial charge in [-0.1, -0.05) is 11.6 Å². The molecule has 0 aliphatic carbocycles. The maximum Gasteiger partial charge on any atom is 0.274 e. The highest BCUT2D eigenvalue weighted by molar-refractivity contribution is 6.36. The zero-order chi connectivity index (χ0) is 20.3. The summed E-state index contributed by atoms with van der Waals surface area (Å²) < 4.78 is 6.01.